The minimum absolute atomic E-state index is 0.0547. The molecule has 1 aromatic heterocycles. The minimum atomic E-state index is -1.01. The molecule has 148 valence electrons. The van der Waals surface area contributed by atoms with Crippen molar-refractivity contribution < 1.29 is 19.2 Å². The van der Waals surface area contributed by atoms with Gasteiger partial charge in [-0.25, -0.2) is 0 Å². The molecule has 1 atom stereocenters. The van der Waals surface area contributed by atoms with Gasteiger partial charge in [0.2, 0.25) is 5.91 Å². The van der Waals surface area contributed by atoms with Crippen molar-refractivity contribution in [3.8, 4) is 0 Å². The summed E-state index contributed by atoms with van der Waals surface area (Å²) in [5.41, 5.74) is -0.772. The number of nitro groups is 1. The molecular formula is C18H20N4O6. The third-order valence-corrected chi connectivity index (χ3v) is 4.83. The number of nitrogens with one attached hydrogen (secondary N) is 1. The first-order valence-corrected chi connectivity index (χ1v) is 8.81. The first kappa shape index (κ1) is 19.3. The van der Waals surface area contributed by atoms with Gasteiger partial charge in [0.25, 0.3) is 0 Å². The van der Waals surface area contributed by atoms with Gasteiger partial charge < -0.3 is 19.5 Å². The van der Waals surface area contributed by atoms with Gasteiger partial charge in [-0.15, -0.1) is 0 Å². The summed E-state index contributed by atoms with van der Waals surface area (Å²) in [4.78, 5) is 49.7. The van der Waals surface area contributed by atoms with Gasteiger partial charge in [-0.05, 0) is 13.0 Å². The largest absolute Gasteiger partial charge is 0.469 e. The number of hydrogen-bond donors (Lipinski definition) is 1. The molecule has 1 unspecified atom stereocenters. The van der Waals surface area contributed by atoms with E-state index in [-0.39, 0.29) is 31.7 Å². The van der Waals surface area contributed by atoms with Gasteiger partial charge in [0.15, 0.2) is 0 Å². The van der Waals surface area contributed by atoms with Gasteiger partial charge >= 0.3 is 17.2 Å². The number of aromatic nitrogens is 1. The highest BCUT2D eigenvalue weighted by atomic mass is 16.6. The number of nitrogens with zero attached hydrogens (tertiary/aromatic N) is 3. The number of carbonyl (C=O) groups is 2. The SMILES string of the molecule is CCn1c(=O)c([N+](=O)[O-])c(N2CCNC(=O)C2CC(=O)OC)c2ccccc21. The van der Waals surface area contributed by atoms with Crippen LogP contribution in [0.2, 0.25) is 0 Å². The second-order valence-electron chi connectivity index (χ2n) is 6.30. The van der Waals surface area contributed by atoms with Gasteiger partial charge in [-0.1, -0.05) is 18.2 Å². The molecule has 10 heteroatoms. The standard InChI is InChI=1S/C18H20N4O6/c1-3-20-12-7-5-4-6-11(12)15(16(18(20)25)22(26)27)21-9-8-19-17(24)13(21)10-14(23)28-2/h4-7,13H,3,8-10H2,1-2H3,(H,19,24). The van der Waals surface area contributed by atoms with Gasteiger partial charge in [-0.2, -0.15) is 0 Å². The normalized spacial score (nSPS) is 16.7. The minimum Gasteiger partial charge on any atom is -0.469 e. The van der Waals surface area contributed by atoms with Crippen LogP contribution in [0.25, 0.3) is 10.9 Å². The molecule has 1 amide bonds. The molecule has 3 rings (SSSR count). The molecule has 1 aliphatic rings. The Morgan fingerprint density at radius 2 is 2.07 bits per heavy atom. The highest BCUT2D eigenvalue weighted by Gasteiger charge is 2.38. The Labute approximate surface area is 159 Å². The summed E-state index contributed by atoms with van der Waals surface area (Å²) in [6.07, 6.45) is -0.287. The summed E-state index contributed by atoms with van der Waals surface area (Å²) in [7, 11) is 1.20. The molecule has 28 heavy (non-hydrogen) atoms. The van der Waals surface area contributed by atoms with E-state index < -0.39 is 34.1 Å². The number of amides is 1. The summed E-state index contributed by atoms with van der Waals surface area (Å²) in [6.45, 7) is 2.44. The predicted molar refractivity (Wildman–Crippen MR) is 101 cm³/mol. The van der Waals surface area contributed by atoms with E-state index in [1.165, 1.54) is 16.6 Å². The van der Waals surface area contributed by atoms with E-state index in [4.69, 9.17) is 0 Å². The predicted octanol–water partition coefficient (Wildman–Crippen LogP) is 0.798. The lowest BCUT2D eigenvalue weighted by Gasteiger charge is -2.36. The summed E-state index contributed by atoms with van der Waals surface area (Å²) >= 11 is 0. The van der Waals surface area contributed by atoms with E-state index in [2.05, 4.69) is 10.1 Å². The van der Waals surface area contributed by atoms with Crippen LogP contribution < -0.4 is 15.8 Å². The van der Waals surface area contributed by atoms with Crippen molar-refractivity contribution in [3.05, 3.63) is 44.7 Å². The van der Waals surface area contributed by atoms with E-state index in [0.29, 0.717) is 10.9 Å². The average molecular weight is 388 g/mol. The number of esters is 1. The number of benzene rings is 1. The average Bonchev–Trinajstić information content (AvgIpc) is 2.68. The number of carbonyl (C=O) groups excluding carboxylic acids is 2. The van der Waals surface area contributed by atoms with E-state index in [1.54, 1.807) is 31.2 Å². The highest BCUT2D eigenvalue weighted by molar-refractivity contribution is 6.00. The molecule has 0 radical (unpaired) electrons. The quantitative estimate of drug-likeness (QED) is 0.456. The Hall–Kier alpha value is -3.43. The molecule has 1 saturated heterocycles. The zero-order valence-electron chi connectivity index (χ0n) is 15.5. The van der Waals surface area contributed by atoms with Gasteiger partial charge in [0.05, 0.1) is 24.0 Å². The topological polar surface area (TPSA) is 124 Å². The van der Waals surface area contributed by atoms with Gasteiger partial charge in [0, 0.05) is 25.0 Å². The number of fused-ring (bicyclic) bond motifs is 1. The van der Waals surface area contributed by atoms with Crippen molar-refractivity contribution in [2.75, 3.05) is 25.1 Å². The first-order chi connectivity index (χ1) is 13.4. The number of methoxy groups -OCH3 is 1. The summed E-state index contributed by atoms with van der Waals surface area (Å²) < 4.78 is 6.00. The molecule has 2 heterocycles. The molecular weight excluding hydrogens is 368 g/mol. The van der Waals surface area contributed by atoms with Crippen molar-refractivity contribution in [1.82, 2.24) is 9.88 Å². The fourth-order valence-electron chi connectivity index (χ4n) is 3.57. The Kier molecular flexibility index (Phi) is 5.30. The Balaban J connectivity index is 2.32. The van der Waals surface area contributed by atoms with Gasteiger partial charge in [0.1, 0.15) is 11.7 Å². The highest BCUT2D eigenvalue weighted by Crippen LogP contribution is 2.35. The third kappa shape index (κ3) is 3.17. The van der Waals surface area contributed by atoms with Crippen molar-refractivity contribution in [3.63, 3.8) is 0 Å². The molecule has 1 aliphatic heterocycles. The number of hydrogen-bond acceptors (Lipinski definition) is 7. The number of rotatable bonds is 5. The lowest BCUT2D eigenvalue weighted by atomic mass is 10.0. The van der Waals surface area contributed by atoms with Crippen LogP contribution in [0, 0.1) is 10.1 Å². The maximum Gasteiger partial charge on any atom is 0.357 e. The van der Waals surface area contributed by atoms with Crippen LogP contribution >= 0.6 is 0 Å². The Morgan fingerprint density at radius 1 is 1.36 bits per heavy atom. The van der Waals surface area contributed by atoms with Crippen LogP contribution in [0.15, 0.2) is 29.1 Å². The molecule has 1 fully saturated rings. The van der Waals surface area contributed by atoms with Crippen molar-refractivity contribution in [1.29, 1.82) is 0 Å². The molecule has 1 N–H and O–H groups in total. The van der Waals surface area contributed by atoms with Crippen LogP contribution in [0.1, 0.15) is 13.3 Å². The fraction of sp³-hybridized carbons (Fsp3) is 0.389. The molecule has 10 nitrogen and oxygen atoms in total. The van der Waals surface area contributed by atoms with Crippen LogP contribution in [0.5, 0.6) is 0 Å². The van der Waals surface area contributed by atoms with E-state index >= 15 is 0 Å². The second kappa shape index (κ2) is 7.67. The fourth-order valence-corrected chi connectivity index (χ4v) is 3.57. The van der Waals surface area contributed by atoms with Crippen molar-refractivity contribution in [2.24, 2.45) is 0 Å². The second-order valence-corrected chi connectivity index (χ2v) is 6.30. The molecule has 0 bridgehead atoms. The lowest BCUT2D eigenvalue weighted by Crippen LogP contribution is -2.56. The smallest absolute Gasteiger partial charge is 0.357 e. The number of anilines is 1. The lowest BCUT2D eigenvalue weighted by molar-refractivity contribution is -0.385. The monoisotopic (exact) mass is 388 g/mol. The number of piperazine rings is 1. The van der Waals surface area contributed by atoms with E-state index in [0.717, 1.165) is 0 Å². The van der Waals surface area contributed by atoms with E-state index in [9.17, 15) is 24.5 Å². The maximum atomic E-state index is 12.9. The van der Waals surface area contributed by atoms with Crippen LogP contribution in [0.4, 0.5) is 11.4 Å². The molecule has 0 spiro atoms. The van der Waals surface area contributed by atoms with Crippen LogP contribution in [-0.2, 0) is 20.9 Å². The molecule has 2 aromatic rings. The number of aryl methyl sites for hydroxylation is 1. The zero-order valence-corrected chi connectivity index (χ0v) is 15.5. The Morgan fingerprint density at radius 3 is 2.71 bits per heavy atom. The summed E-state index contributed by atoms with van der Waals surface area (Å²) in [6, 6.07) is 5.80. The summed E-state index contributed by atoms with van der Waals surface area (Å²) in [5.74, 6) is -1.07. The van der Waals surface area contributed by atoms with Crippen molar-refractivity contribution in [2.45, 2.75) is 25.9 Å². The number of pyridine rings is 1. The molecule has 1 aromatic carbocycles. The van der Waals surface area contributed by atoms with Gasteiger partial charge in [-0.3, -0.25) is 24.5 Å². The third-order valence-electron chi connectivity index (χ3n) is 4.83. The van der Waals surface area contributed by atoms with Crippen LogP contribution in [-0.4, -0.2) is 47.6 Å². The van der Waals surface area contributed by atoms with Crippen molar-refractivity contribution >= 4 is 34.2 Å². The summed E-state index contributed by atoms with van der Waals surface area (Å²) in [5, 5.41) is 15.0. The molecule has 0 saturated carbocycles. The van der Waals surface area contributed by atoms with Crippen LogP contribution in [0.3, 0.4) is 0 Å². The maximum absolute atomic E-state index is 12.9. The molecule has 0 aliphatic carbocycles. The first-order valence-electron chi connectivity index (χ1n) is 8.81. The number of ether oxygens (including phenoxy) is 1. The zero-order chi connectivity index (χ0) is 20.4. The van der Waals surface area contributed by atoms with E-state index in [1.807, 2.05) is 0 Å². The Bertz CT molecular complexity index is 1020. The number of para-hydroxylation sites is 1.